The van der Waals surface area contributed by atoms with Crippen molar-refractivity contribution in [3.8, 4) is 0 Å². The predicted octanol–water partition coefficient (Wildman–Crippen LogP) is 6.25. The van der Waals surface area contributed by atoms with Gasteiger partial charge in [-0.05, 0) is 32.1 Å². The van der Waals surface area contributed by atoms with Gasteiger partial charge < -0.3 is 34.4 Å². The van der Waals surface area contributed by atoms with Gasteiger partial charge in [0.1, 0.15) is 13.2 Å². The number of aryl methyl sites for hydroxylation is 1. The van der Waals surface area contributed by atoms with Crippen molar-refractivity contribution in [3.63, 3.8) is 0 Å². The third-order valence-electron chi connectivity index (χ3n) is 9.25. The van der Waals surface area contributed by atoms with Crippen LogP contribution >= 0.6 is 0 Å². The predicted molar refractivity (Wildman–Crippen MR) is 195 cm³/mol. The van der Waals surface area contributed by atoms with Gasteiger partial charge in [0, 0.05) is 46.8 Å². The number of ether oxygens (including phenoxy) is 4. The van der Waals surface area contributed by atoms with Gasteiger partial charge in [-0.25, -0.2) is 4.98 Å². The minimum absolute atomic E-state index is 0.0311. The van der Waals surface area contributed by atoms with Gasteiger partial charge in [0.05, 0.1) is 18.3 Å². The van der Waals surface area contributed by atoms with Crippen molar-refractivity contribution >= 4 is 29.1 Å². The fourth-order valence-corrected chi connectivity index (χ4v) is 5.97. The molecular formula is C37H65N5O8. The van der Waals surface area contributed by atoms with Crippen molar-refractivity contribution in [2.75, 3.05) is 53.0 Å². The van der Waals surface area contributed by atoms with Gasteiger partial charge in [0.15, 0.2) is 11.2 Å². The minimum atomic E-state index is -1.04. The molecule has 50 heavy (non-hydrogen) atoms. The van der Waals surface area contributed by atoms with E-state index in [-0.39, 0.29) is 56.2 Å². The van der Waals surface area contributed by atoms with E-state index in [1.54, 1.807) is 18.8 Å². The number of anilines is 1. The van der Waals surface area contributed by atoms with Gasteiger partial charge in [0.2, 0.25) is 5.95 Å². The lowest BCUT2D eigenvalue weighted by Crippen LogP contribution is -2.39. The summed E-state index contributed by atoms with van der Waals surface area (Å²) in [7, 11) is 3.47. The maximum Gasteiger partial charge on any atom is 0.305 e. The average Bonchev–Trinajstić information content (AvgIpc) is 3.52. The molecular weight excluding hydrogens is 642 g/mol. The highest BCUT2D eigenvalue weighted by Crippen LogP contribution is 2.26. The maximum absolute atomic E-state index is 12.7. The number of aromatic amines is 1. The van der Waals surface area contributed by atoms with Crippen LogP contribution in [0.4, 0.5) is 5.95 Å². The molecule has 0 radical (unpaired) electrons. The number of hydrogen-bond donors (Lipinski definition) is 3. The van der Waals surface area contributed by atoms with E-state index < -0.39 is 11.0 Å². The summed E-state index contributed by atoms with van der Waals surface area (Å²) in [6, 6.07) is 0. The van der Waals surface area contributed by atoms with E-state index in [9.17, 15) is 19.5 Å². The van der Waals surface area contributed by atoms with Gasteiger partial charge in [-0.3, -0.25) is 19.4 Å². The summed E-state index contributed by atoms with van der Waals surface area (Å²) in [5.41, 5.74) is 4.73. The lowest BCUT2D eigenvalue weighted by Gasteiger charge is -2.31. The molecule has 2 aromatic rings. The van der Waals surface area contributed by atoms with E-state index >= 15 is 0 Å². The van der Waals surface area contributed by atoms with E-state index in [2.05, 4.69) is 15.0 Å². The number of carbonyl (C=O) groups is 2. The van der Waals surface area contributed by atoms with Gasteiger partial charge in [-0.1, -0.05) is 89.9 Å². The van der Waals surface area contributed by atoms with Crippen molar-refractivity contribution < 1.29 is 33.6 Å². The Hall–Kier alpha value is -3.03. The summed E-state index contributed by atoms with van der Waals surface area (Å²) in [5, 5.41) is 10.6. The number of fused-ring (bicyclic) bond motifs is 1. The molecule has 2 aromatic heterocycles. The standard InChI is InChI=1S/C37H65N5O8/c1-47-25-19-15-11-7-3-5-9-13-17-21-31(44)49-28-37(27-43,23-24-42-30-39-33-34(42)40-36(38)41-35(33)46)29-50-32(45)22-18-14-10-6-4-8-12-16-20-26-48-2/h30,43H,3-29H2,1-2H3,(H3,38,40,41,46). The fourth-order valence-electron chi connectivity index (χ4n) is 5.97. The number of rotatable bonds is 32. The first-order valence-corrected chi connectivity index (χ1v) is 18.9. The molecule has 286 valence electrons. The van der Waals surface area contributed by atoms with E-state index in [1.165, 1.54) is 57.7 Å². The Balaban J connectivity index is 1.81. The second-order valence-corrected chi connectivity index (χ2v) is 13.6. The number of aromatic nitrogens is 4. The Morgan fingerprint density at radius 1 is 0.760 bits per heavy atom. The number of nitrogens with one attached hydrogen (secondary N) is 1. The second kappa shape index (κ2) is 26.7. The summed E-state index contributed by atoms with van der Waals surface area (Å²) in [4.78, 5) is 48.5. The SMILES string of the molecule is COCCCCCCCCCCCC(=O)OCC(CO)(CCn1cnc2c(=O)[nH]c(N)nc21)COC(=O)CCCCCCCCCCCOC. The zero-order chi connectivity index (χ0) is 36.3. The number of nitrogens with two attached hydrogens (primary N) is 1. The summed E-state index contributed by atoms with van der Waals surface area (Å²) >= 11 is 0. The average molecular weight is 708 g/mol. The van der Waals surface area contributed by atoms with Crippen LogP contribution in [0.3, 0.4) is 0 Å². The van der Waals surface area contributed by atoms with Crippen molar-refractivity contribution in [2.24, 2.45) is 5.41 Å². The van der Waals surface area contributed by atoms with Gasteiger partial charge in [-0.15, -0.1) is 0 Å². The number of methoxy groups -OCH3 is 2. The van der Waals surface area contributed by atoms with Crippen molar-refractivity contribution in [3.05, 3.63) is 16.7 Å². The number of H-pyrrole nitrogens is 1. The summed E-state index contributed by atoms with van der Waals surface area (Å²) in [6.45, 7) is 1.36. The molecule has 0 aliphatic rings. The van der Waals surface area contributed by atoms with Crippen LogP contribution in [0.15, 0.2) is 11.1 Å². The first-order valence-electron chi connectivity index (χ1n) is 18.9. The van der Waals surface area contributed by atoms with Crippen molar-refractivity contribution in [1.29, 1.82) is 0 Å². The number of nitrogen functional groups attached to an aromatic ring is 1. The van der Waals surface area contributed by atoms with Crippen LogP contribution in [-0.2, 0) is 35.1 Å². The summed E-state index contributed by atoms with van der Waals surface area (Å²) < 4.78 is 23.2. The normalized spacial score (nSPS) is 11.7. The molecule has 0 aliphatic carbocycles. The molecule has 2 rings (SSSR count). The number of hydrogen-bond acceptors (Lipinski definition) is 11. The highest BCUT2D eigenvalue weighted by atomic mass is 16.5. The zero-order valence-corrected chi connectivity index (χ0v) is 30.9. The number of carbonyl (C=O) groups excluding carboxylic acids is 2. The van der Waals surface area contributed by atoms with Crippen LogP contribution in [-0.4, -0.2) is 83.8 Å². The molecule has 0 atom stereocenters. The Morgan fingerprint density at radius 2 is 1.20 bits per heavy atom. The zero-order valence-electron chi connectivity index (χ0n) is 30.9. The van der Waals surface area contributed by atoms with Crippen LogP contribution in [0.1, 0.15) is 135 Å². The molecule has 0 aromatic carbocycles. The molecule has 13 heteroatoms. The highest BCUT2D eigenvalue weighted by molar-refractivity contribution is 5.71. The Morgan fingerprint density at radius 3 is 1.64 bits per heavy atom. The van der Waals surface area contributed by atoms with Crippen LogP contribution in [0.2, 0.25) is 0 Å². The van der Waals surface area contributed by atoms with Crippen LogP contribution in [0, 0.1) is 5.41 Å². The number of aliphatic hydroxyl groups excluding tert-OH is 1. The number of imidazole rings is 1. The molecule has 13 nitrogen and oxygen atoms in total. The molecule has 0 saturated heterocycles. The Bertz CT molecular complexity index is 1210. The summed E-state index contributed by atoms with van der Waals surface area (Å²) in [5.74, 6) is -0.705. The molecule has 0 fully saturated rings. The van der Waals surface area contributed by atoms with Crippen LogP contribution in [0.5, 0.6) is 0 Å². The van der Waals surface area contributed by atoms with Crippen molar-refractivity contribution in [1.82, 2.24) is 19.5 Å². The lowest BCUT2D eigenvalue weighted by molar-refractivity contribution is -0.157. The lowest BCUT2D eigenvalue weighted by atomic mass is 9.87. The quantitative estimate of drug-likeness (QED) is 0.0577. The topological polar surface area (TPSA) is 181 Å². The first kappa shape index (κ1) is 43.1. The van der Waals surface area contributed by atoms with Gasteiger partial charge >= 0.3 is 11.9 Å². The fraction of sp³-hybridized carbons (Fsp3) is 0.811. The van der Waals surface area contributed by atoms with E-state index in [0.29, 0.717) is 18.5 Å². The molecule has 4 N–H and O–H groups in total. The third kappa shape index (κ3) is 18.3. The number of unbranched alkanes of at least 4 members (excludes halogenated alkanes) is 16. The molecule has 0 unspecified atom stereocenters. The third-order valence-corrected chi connectivity index (χ3v) is 9.25. The Kier molecular flexibility index (Phi) is 23.1. The number of esters is 2. The minimum Gasteiger partial charge on any atom is -0.465 e. The van der Waals surface area contributed by atoms with Gasteiger partial charge in [-0.2, -0.15) is 4.98 Å². The number of aliphatic hydroxyl groups is 1. The van der Waals surface area contributed by atoms with E-state index in [1.807, 2.05) is 0 Å². The molecule has 0 aliphatic heterocycles. The molecule has 0 saturated carbocycles. The van der Waals surface area contributed by atoms with E-state index in [4.69, 9.17) is 24.7 Å². The first-order chi connectivity index (χ1) is 24.3. The molecule has 0 amide bonds. The molecule has 2 heterocycles. The van der Waals surface area contributed by atoms with E-state index in [0.717, 1.165) is 77.4 Å². The number of nitrogens with zero attached hydrogens (tertiary/aromatic N) is 3. The summed E-state index contributed by atoms with van der Waals surface area (Å²) in [6.07, 6.45) is 22.2. The van der Waals surface area contributed by atoms with Gasteiger partial charge in [0.25, 0.3) is 5.56 Å². The smallest absolute Gasteiger partial charge is 0.305 e. The highest BCUT2D eigenvalue weighted by Gasteiger charge is 2.34. The monoisotopic (exact) mass is 707 g/mol. The van der Waals surface area contributed by atoms with Crippen LogP contribution < -0.4 is 11.3 Å². The second-order valence-electron chi connectivity index (χ2n) is 13.6. The van der Waals surface area contributed by atoms with Crippen LogP contribution in [0.25, 0.3) is 11.2 Å². The largest absolute Gasteiger partial charge is 0.465 e. The molecule has 0 bridgehead atoms. The maximum atomic E-state index is 12.7. The molecule has 0 spiro atoms. The van der Waals surface area contributed by atoms with Crippen molar-refractivity contribution in [2.45, 2.75) is 141 Å². The Labute approximate surface area is 298 Å².